The molecule has 0 saturated heterocycles. The Labute approximate surface area is 106 Å². The molecule has 2 rings (SSSR count). The number of aryl methyl sites for hydroxylation is 2. The molecule has 1 heterocycles. The predicted molar refractivity (Wildman–Crippen MR) is 76.1 cm³/mol. The maximum atomic E-state index is 11.9. The minimum atomic E-state index is -0.0268. The number of nitrogen functional groups attached to an aromatic ring is 1. The first-order valence-corrected chi connectivity index (χ1v) is 6.21. The molecule has 0 unspecified atom stereocenters. The second-order valence-corrected chi connectivity index (χ2v) is 4.47. The van der Waals surface area contributed by atoms with Gasteiger partial charge >= 0.3 is 5.69 Å². The number of hydrogen-bond donors (Lipinski definition) is 1. The molecule has 2 aromatic rings. The maximum Gasteiger partial charge on any atom is 0.328 e. The van der Waals surface area contributed by atoms with Crippen molar-refractivity contribution in [2.45, 2.75) is 13.8 Å². The van der Waals surface area contributed by atoms with E-state index >= 15 is 0 Å². The quantitative estimate of drug-likeness (QED) is 0.833. The van der Waals surface area contributed by atoms with Crippen molar-refractivity contribution in [2.24, 2.45) is 14.1 Å². The lowest BCUT2D eigenvalue weighted by molar-refractivity contribution is 0.795. The highest BCUT2D eigenvalue weighted by Gasteiger charge is 2.13. The van der Waals surface area contributed by atoms with Crippen LogP contribution in [-0.4, -0.2) is 22.2 Å². The minimum Gasteiger partial charge on any atom is -0.397 e. The lowest BCUT2D eigenvalue weighted by atomic mass is 10.2. The van der Waals surface area contributed by atoms with Crippen LogP contribution in [-0.2, 0) is 14.1 Å². The van der Waals surface area contributed by atoms with Crippen LogP contribution in [0.25, 0.3) is 11.0 Å². The second-order valence-electron chi connectivity index (χ2n) is 4.47. The van der Waals surface area contributed by atoms with E-state index in [-0.39, 0.29) is 5.69 Å². The standard InChI is InChI=1S/C13H20N4O/c1-5-17(6-2)10-8-12-11(7-9(10)14)15(3)13(18)16(12)4/h7-8H,5-6,14H2,1-4H3. The van der Waals surface area contributed by atoms with Crippen LogP contribution in [0.2, 0.25) is 0 Å². The van der Waals surface area contributed by atoms with Crippen LogP contribution >= 0.6 is 0 Å². The molecule has 0 aliphatic carbocycles. The molecule has 0 bridgehead atoms. The fourth-order valence-corrected chi connectivity index (χ4v) is 2.39. The zero-order valence-corrected chi connectivity index (χ0v) is 11.4. The molecule has 5 nitrogen and oxygen atoms in total. The van der Waals surface area contributed by atoms with Gasteiger partial charge in [-0.1, -0.05) is 0 Å². The van der Waals surface area contributed by atoms with E-state index in [4.69, 9.17) is 5.73 Å². The van der Waals surface area contributed by atoms with E-state index in [0.717, 1.165) is 29.8 Å². The molecule has 1 aromatic carbocycles. The molecule has 18 heavy (non-hydrogen) atoms. The SMILES string of the molecule is CCN(CC)c1cc2c(cc1N)n(C)c(=O)n2C. The van der Waals surface area contributed by atoms with Crippen LogP contribution in [0, 0.1) is 0 Å². The van der Waals surface area contributed by atoms with E-state index in [1.807, 2.05) is 12.1 Å². The van der Waals surface area contributed by atoms with E-state index in [1.165, 1.54) is 0 Å². The average molecular weight is 248 g/mol. The van der Waals surface area contributed by atoms with Gasteiger partial charge in [0.15, 0.2) is 0 Å². The van der Waals surface area contributed by atoms with Crippen LogP contribution in [0.3, 0.4) is 0 Å². The van der Waals surface area contributed by atoms with Crippen molar-refractivity contribution in [1.82, 2.24) is 9.13 Å². The summed E-state index contributed by atoms with van der Waals surface area (Å²) in [7, 11) is 3.55. The van der Waals surface area contributed by atoms with Gasteiger partial charge in [-0.2, -0.15) is 0 Å². The summed E-state index contributed by atoms with van der Waals surface area (Å²) < 4.78 is 3.28. The fourth-order valence-electron chi connectivity index (χ4n) is 2.39. The van der Waals surface area contributed by atoms with Gasteiger partial charge in [0.2, 0.25) is 0 Å². The Morgan fingerprint density at radius 1 is 1.11 bits per heavy atom. The fraction of sp³-hybridized carbons (Fsp3) is 0.462. The Bertz CT molecular complexity index is 634. The number of hydrogen-bond acceptors (Lipinski definition) is 3. The number of aromatic nitrogens is 2. The van der Waals surface area contributed by atoms with Gasteiger partial charge in [0.1, 0.15) is 0 Å². The largest absolute Gasteiger partial charge is 0.397 e. The van der Waals surface area contributed by atoms with Crippen molar-refractivity contribution in [1.29, 1.82) is 0 Å². The van der Waals surface area contributed by atoms with Crippen molar-refractivity contribution < 1.29 is 0 Å². The Hall–Kier alpha value is -1.91. The molecule has 0 spiro atoms. The summed E-state index contributed by atoms with van der Waals surface area (Å²) in [5, 5.41) is 0. The Morgan fingerprint density at radius 2 is 1.61 bits per heavy atom. The molecular formula is C13H20N4O. The van der Waals surface area contributed by atoms with Crippen LogP contribution in [0.15, 0.2) is 16.9 Å². The highest BCUT2D eigenvalue weighted by atomic mass is 16.1. The number of imidazole rings is 1. The van der Waals surface area contributed by atoms with Gasteiger partial charge in [0.25, 0.3) is 0 Å². The highest BCUT2D eigenvalue weighted by molar-refractivity contribution is 5.87. The number of anilines is 2. The lowest BCUT2D eigenvalue weighted by Gasteiger charge is -2.23. The Morgan fingerprint density at radius 3 is 2.11 bits per heavy atom. The molecule has 0 aliphatic heterocycles. The summed E-state index contributed by atoms with van der Waals surface area (Å²) in [5.41, 5.74) is 9.57. The van der Waals surface area contributed by atoms with Crippen LogP contribution in [0.4, 0.5) is 11.4 Å². The Kier molecular flexibility index (Phi) is 3.07. The molecule has 0 atom stereocenters. The van der Waals surface area contributed by atoms with Gasteiger partial charge in [-0.3, -0.25) is 9.13 Å². The van der Waals surface area contributed by atoms with E-state index < -0.39 is 0 Å². The predicted octanol–water partition coefficient (Wildman–Crippen LogP) is 1.31. The topological polar surface area (TPSA) is 56.2 Å². The minimum absolute atomic E-state index is 0.0268. The molecule has 0 saturated carbocycles. The normalized spacial score (nSPS) is 11.1. The monoisotopic (exact) mass is 248 g/mol. The van der Waals surface area contributed by atoms with Crippen LogP contribution < -0.4 is 16.3 Å². The van der Waals surface area contributed by atoms with Gasteiger partial charge in [0, 0.05) is 27.2 Å². The second kappa shape index (κ2) is 4.40. The number of fused-ring (bicyclic) bond motifs is 1. The molecule has 98 valence electrons. The third kappa shape index (κ3) is 1.66. The molecule has 0 amide bonds. The summed E-state index contributed by atoms with van der Waals surface area (Å²) >= 11 is 0. The molecule has 2 N–H and O–H groups in total. The van der Waals surface area contributed by atoms with Gasteiger partial charge in [0.05, 0.1) is 22.4 Å². The summed E-state index contributed by atoms with van der Waals surface area (Å²) in [6.07, 6.45) is 0. The van der Waals surface area contributed by atoms with Crippen molar-refractivity contribution >= 4 is 22.4 Å². The summed E-state index contributed by atoms with van der Waals surface area (Å²) in [6.45, 7) is 5.98. The van der Waals surface area contributed by atoms with Crippen LogP contribution in [0.1, 0.15) is 13.8 Å². The van der Waals surface area contributed by atoms with Crippen molar-refractivity contribution in [2.75, 3.05) is 23.7 Å². The summed E-state index contributed by atoms with van der Waals surface area (Å²) in [4.78, 5) is 14.1. The van der Waals surface area contributed by atoms with Crippen molar-refractivity contribution in [3.05, 3.63) is 22.6 Å². The van der Waals surface area contributed by atoms with Crippen molar-refractivity contribution in [3.8, 4) is 0 Å². The van der Waals surface area contributed by atoms with Crippen LogP contribution in [0.5, 0.6) is 0 Å². The summed E-state index contributed by atoms with van der Waals surface area (Å²) in [5.74, 6) is 0. The van der Waals surface area contributed by atoms with E-state index in [2.05, 4.69) is 18.7 Å². The van der Waals surface area contributed by atoms with Gasteiger partial charge in [-0.25, -0.2) is 4.79 Å². The zero-order chi connectivity index (χ0) is 13.4. The third-order valence-electron chi connectivity index (χ3n) is 3.52. The molecular weight excluding hydrogens is 228 g/mol. The number of nitrogens with two attached hydrogens (primary N) is 1. The van der Waals surface area contributed by atoms with E-state index in [9.17, 15) is 4.79 Å². The third-order valence-corrected chi connectivity index (χ3v) is 3.52. The zero-order valence-electron chi connectivity index (χ0n) is 11.4. The van der Waals surface area contributed by atoms with Gasteiger partial charge in [-0.05, 0) is 26.0 Å². The number of nitrogens with zero attached hydrogens (tertiary/aromatic N) is 3. The van der Waals surface area contributed by atoms with Gasteiger partial charge in [-0.15, -0.1) is 0 Å². The first kappa shape index (κ1) is 12.5. The first-order chi connectivity index (χ1) is 8.51. The molecule has 1 aromatic heterocycles. The number of rotatable bonds is 3. The number of benzene rings is 1. The van der Waals surface area contributed by atoms with E-state index in [1.54, 1.807) is 23.2 Å². The highest BCUT2D eigenvalue weighted by Crippen LogP contribution is 2.28. The van der Waals surface area contributed by atoms with Gasteiger partial charge < -0.3 is 10.6 Å². The van der Waals surface area contributed by atoms with E-state index in [0.29, 0.717) is 5.69 Å². The Balaban J connectivity index is 2.76. The maximum absolute atomic E-state index is 11.9. The first-order valence-electron chi connectivity index (χ1n) is 6.21. The average Bonchev–Trinajstić information content (AvgIpc) is 2.57. The summed E-state index contributed by atoms with van der Waals surface area (Å²) in [6, 6.07) is 3.88. The molecule has 0 fully saturated rings. The molecule has 0 aliphatic rings. The molecule has 0 radical (unpaired) electrons. The smallest absolute Gasteiger partial charge is 0.328 e. The lowest BCUT2D eigenvalue weighted by Crippen LogP contribution is -2.23. The molecule has 5 heteroatoms. The van der Waals surface area contributed by atoms with Crippen molar-refractivity contribution in [3.63, 3.8) is 0 Å².